The second-order valence-electron chi connectivity index (χ2n) is 9.41. The Balaban J connectivity index is 2.35. The summed E-state index contributed by atoms with van der Waals surface area (Å²) in [6.45, 7) is 8.55. The van der Waals surface area contributed by atoms with Gasteiger partial charge >= 0.3 is 12.1 Å². The highest BCUT2D eigenvalue weighted by Gasteiger charge is 2.25. The van der Waals surface area contributed by atoms with E-state index in [1.165, 1.54) is 7.11 Å². The molecule has 0 heterocycles. The zero-order chi connectivity index (χ0) is 26.3. The van der Waals surface area contributed by atoms with Crippen LogP contribution in [0.5, 0.6) is 5.75 Å². The summed E-state index contributed by atoms with van der Waals surface area (Å²) < 4.78 is 42.6. The molecule has 1 rings (SSSR count). The van der Waals surface area contributed by atoms with Crippen molar-refractivity contribution in [2.75, 3.05) is 26.0 Å². The summed E-state index contributed by atoms with van der Waals surface area (Å²) in [6, 6.07) is 6.26. The number of benzene rings is 1. The standard InChI is InChI=1S/C25H42N2O7S/c1-6-7-18-35(30,31)27-22(23(28)32-5)19-20-12-14-21(15-13-20)33-17-11-9-8-10-16-26-24(29)34-25(2,3)4/h12-15,22,27H,6-11,16-19H2,1-5H3,(H,26,29). The van der Waals surface area contributed by atoms with Gasteiger partial charge in [0.1, 0.15) is 17.4 Å². The van der Waals surface area contributed by atoms with Crippen LogP contribution in [0, 0.1) is 0 Å². The van der Waals surface area contributed by atoms with Gasteiger partial charge in [0, 0.05) is 6.54 Å². The van der Waals surface area contributed by atoms with Crippen molar-refractivity contribution >= 4 is 22.1 Å². The van der Waals surface area contributed by atoms with Gasteiger partial charge in [-0.1, -0.05) is 38.3 Å². The molecule has 0 saturated carbocycles. The molecule has 1 aromatic rings. The van der Waals surface area contributed by atoms with Crippen LogP contribution in [0.25, 0.3) is 0 Å². The van der Waals surface area contributed by atoms with Gasteiger partial charge in [-0.2, -0.15) is 0 Å². The lowest BCUT2D eigenvalue weighted by molar-refractivity contribution is -0.142. The smallest absolute Gasteiger partial charge is 0.407 e. The zero-order valence-corrected chi connectivity index (χ0v) is 22.5. The maximum Gasteiger partial charge on any atom is 0.407 e. The van der Waals surface area contributed by atoms with Gasteiger partial charge in [-0.15, -0.1) is 0 Å². The number of alkyl carbamates (subject to hydrolysis) is 1. The van der Waals surface area contributed by atoms with Crippen LogP contribution in [0.15, 0.2) is 24.3 Å². The van der Waals surface area contributed by atoms with Crippen LogP contribution in [0.3, 0.4) is 0 Å². The molecular weight excluding hydrogens is 472 g/mol. The number of nitrogens with one attached hydrogen (secondary N) is 2. The first-order chi connectivity index (χ1) is 16.5. The van der Waals surface area contributed by atoms with Crippen molar-refractivity contribution in [2.24, 2.45) is 0 Å². The first kappa shape index (κ1) is 30.7. The van der Waals surface area contributed by atoms with Crippen LogP contribution in [0.1, 0.15) is 71.8 Å². The molecule has 1 amide bonds. The van der Waals surface area contributed by atoms with Crippen LogP contribution < -0.4 is 14.8 Å². The first-order valence-corrected chi connectivity index (χ1v) is 13.9. The largest absolute Gasteiger partial charge is 0.494 e. The van der Waals surface area contributed by atoms with Gasteiger partial charge in [0.25, 0.3) is 0 Å². The van der Waals surface area contributed by atoms with Crippen LogP contribution in [0.4, 0.5) is 4.79 Å². The van der Waals surface area contributed by atoms with E-state index in [4.69, 9.17) is 14.2 Å². The quantitative estimate of drug-likeness (QED) is 0.253. The highest BCUT2D eigenvalue weighted by Crippen LogP contribution is 2.15. The first-order valence-electron chi connectivity index (χ1n) is 12.2. The maximum absolute atomic E-state index is 12.2. The Morgan fingerprint density at radius 1 is 1.00 bits per heavy atom. The summed E-state index contributed by atoms with van der Waals surface area (Å²) in [7, 11) is -2.32. The molecule has 1 atom stereocenters. The number of hydrogen-bond acceptors (Lipinski definition) is 7. The van der Waals surface area contributed by atoms with Gasteiger partial charge in [0.05, 0.1) is 19.5 Å². The predicted octanol–water partition coefficient (Wildman–Crippen LogP) is 3.95. The fourth-order valence-corrected chi connectivity index (χ4v) is 4.56. The fraction of sp³-hybridized carbons (Fsp3) is 0.680. The normalized spacial score (nSPS) is 12.6. The van der Waals surface area contributed by atoms with E-state index in [9.17, 15) is 18.0 Å². The minimum Gasteiger partial charge on any atom is -0.494 e. The lowest BCUT2D eigenvalue weighted by Gasteiger charge is -2.19. The number of sulfonamides is 1. The Hall–Kier alpha value is -2.33. The average Bonchev–Trinajstić information content (AvgIpc) is 2.78. The number of amides is 1. The average molecular weight is 515 g/mol. The summed E-state index contributed by atoms with van der Waals surface area (Å²) in [5.74, 6) is 0.0643. The maximum atomic E-state index is 12.2. The van der Waals surface area contributed by atoms with E-state index in [2.05, 4.69) is 10.0 Å². The number of unbranched alkanes of at least 4 members (excludes halogenated alkanes) is 4. The van der Waals surface area contributed by atoms with Crippen molar-refractivity contribution in [1.82, 2.24) is 10.0 Å². The Morgan fingerprint density at radius 2 is 1.66 bits per heavy atom. The van der Waals surface area contributed by atoms with Gasteiger partial charge in [0.15, 0.2) is 0 Å². The number of carbonyl (C=O) groups is 2. The number of esters is 1. The molecule has 10 heteroatoms. The summed E-state index contributed by atoms with van der Waals surface area (Å²) in [6.07, 6.45) is 4.78. The van der Waals surface area contributed by atoms with E-state index < -0.39 is 33.7 Å². The van der Waals surface area contributed by atoms with Gasteiger partial charge < -0.3 is 19.5 Å². The van der Waals surface area contributed by atoms with Crippen molar-refractivity contribution < 1.29 is 32.2 Å². The Bertz CT molecular complexity index is 865. The van der Waals surface area contributed by atoms with E-state index in [0.29, 0.717) is 25.3 Å². The van der Waals surface area contributed by atoms with Crippen molar-refractivity contribution in [3.05, 3.63) is 29.8 Å². The molecule has 0 aliphatic carbocycles. The number of ether oxygens (including phenoxy) is 3. The fourth-order valence-electron chi connectivity index (χ4n) is 3.16. The third-order valence-electron chi connectivity index (χ3n) is 4.95. The van der Waals surface area contributed by atoms with Crippen molar-refractivity contribution in [3.8, 4) is 5.75 Å². The molecule has 0 bridgehead atoms. The Morgan fingerprint density at radius 3 is 2.26 bits per heavy atom. The Kier molecular flexibility index (Phi) is 13.7. The molecule has 0 aromatic heterocycles. The molecular formula is C25H42N2O7S. The lowest BCUT2D eigenvalue weighted by atomic mass is 10.1. The van der Waals surface area contributed by atoms with E-state index in [-0.39, 0.29) is 12.2 Å². The van der Waals surface area contributed by atoms with Crippen molar-refractivity contribution in [3.63, 3.8) is 0 Å². The van der Waals surface area contributed by atoms with Crippen LogP contribution in [-0.2, 0) is 30.7 Å². The van der Waals surface area contributed by atoms with Crippen LogP contribution in [0.2, 0.25) is 0 Å². The van der Waals surface area contributed by atoms with E-state index in [1.807, 2.05) is 39.8 Å². The molecule has 2 N–H and O–H groups in total. The number of carbonyl (C=O) groups excluding carboxylic acids is 2. The van der Waals surface area contributed by atoms with E-state index in [0.717, 1.165) is 37.7 Å². The molecule has 0 aliphatic heterocycles. The molecule has 0 saturated heterocycles. The van der Waals surface area contributed by atoms with Gasteiger partial charge in [-0.3, -0.25) is 4.79 Å². The highest BCUT2D eigenvalue weighted by molar-refractivity contribution is 7.89. The third-order valence-corrected chi connectivity index (χ3v) is 6.42. The molecule has 0 radical (unpaired) electrons. The summed E-state index contributed by atoms with van der Waals surface area (Å²) >= 11 is 0. The number of hydrogen-bond donors (Lipinski definition) is 2. The minimum absolute atomic E-state index is 0.0238. The van der Waals surface area contributed by atoms with Crippen molar-refractivity contribution in [2.45, 2.75) is 84.3 Å². The molecule has 0 aliphatic rings. The molecule has 0 spiro atoms. The van der Waals surface area contributed by atoms with Crippen LogP contribution in [-0.4, -0.2) is 58.1 Å². The van der Waals surface area contributed by atoms with Crippen molar-refractivity contribution in [1.29, 1.82) is 0 Å². The molecule has 200 valence electrons. The molecule has 9 nitrogen and oxygen atoms in total. The van der Waals surface area contributed by atoms with Gasteiger partial charge in [-0.25, -0.2) is 17.9 Å². The summed E-state index contributed by atoms with van der Waals surface area (Å²) in [5, 5.41) is 2.75. The second-order valence-corrected chi connectivity index (χ2v) is 11.3. The zero-order valence-electron chi connectivity index (χ0n) is 21.7. The summed E-state index contributed by atoms with van der Waals surface area (Å²) in [5.41, 5.74) is 0.303. The highest BCUT2D eigenvalue weighted by atomic mass is 32.2. The van der Waals surface area contributed by atoms with Crippen LogP contribution >= 0.6 is 0 Å². The monoisotopic (exact) mass is 514 g/mol. The van der Waals surface area contributed by atoms with E-state index in [1.54, 1.807) is 12.1 Å². The molecule has 35 heavy (non-hydrogen) atoms. The molecule has 0 fully saturated rings. The SMILES string of the molecule is CCCCS(=O)(=O)NC(Cc1ccc(OCCCCCCNC(=O)OC(C)(C)C)cc1)C(=O)OC. The number of methoxy groups -OCH3 is 1. The second kappa shape index (κ2) is 15.6. The molecule has 1 unspecified atom stereocenters. The number of rotatable bonds is 16. The summed E-state index contributed by atoms with van der Waals surface area (Å²) in [4.78, 5) is 23.7. The topological polar surface area (TPSA) is 120 Å². The van der Waals surface area contributed by atoms with Gasteiger partial charge in [0.2, 0.25) is 10.0 Å². The third kappa shape index (κ3) is 14.6. The predicted molar refractivity (Wildman–Crippen MR) is 136 cm³/mol. The minimum atomic E-state index is -3.56. The van der Waals surface area contributed by atoms with Gasteiger partial charge in [-0.05, 0) is 64.2 Å². The lowest BCUT2D eigenvalue weighted by Crippen LogP contribution is -2.43. The Labute approximate surface area is 210 Å². The van der Waals surface area contributed by atoms with E-state index >= 15 is 0 Å². The molecule has 1 aromatic carbocycles.